The zero-order chi connectivity index (χ0) is 20.8. The van der Waals surface area contributed by atoms with Crippen molar-refractivity contribution in [1.82, 2.24) is 5.32 Å². The van der Waals surface area contributed by atoms with Gasteiger partial charge in [-0.2, -0.15) is 0 Å². The molecule has 1 amide bonds. The highest BCUT2D eigenvalue weighted by Gasteiger charge is 2.21. The second-order valence-corrected chi connectivity index (χ2v) is 7.45. The van der Waals surface area contributed by atoms with Gasteiger partial charge in [0.05, 0.1) is 5.88 Å². The lowest BCUT2D eigenvalue weighted by Gasteiger charge is -2.16. The average Bonchev–Trinajstić information content (AvgIpc) is 2.70. The quantitative estimate of drug-likeness (QED) is 0.320. The summed E-state index contributed by atoms with van der Waals surface area (Å²) in [5.41, 5.74) is 0.881. The first-order valence-corrected chi connectivity index (χ1v) is 10.3. The third-order valence-electron chi connectivity index (χ3n) is 3.19. The molecule has 2 rings (SSSR count). The van der Waals surface area contributed by atoms with Gasteiger partial charge in [-0.25, -0.2) is 4.79 Å². The summed E-state index contributed by atoms with van der Waals surface area (Å²) in [5, 5.41) is 2.59. The van der Waals surface area contributed by atoms with E-state index < -0.39 is 16.8 Å². The van der Waals surface area contributed by atoms with Crippen molar-refractivity contribution < 1.29 is 19.1 Å². The molecule has 0 radical (unpaired) electrons. The van der Waals surface area contributed by atoms with Gasteiger partial charge in [0.2, 0.25) is 0 Å². The molecule has 5 nitrogen and oxygen atoms in total. The molecule has 0 spiro atoms. The van der Waals surface area contributed by atoms with E-state index in [1.54, 1.807) is 0 Å². The first kappa shape index (κ1) is 24.3. The Morgan fingerprint density at radius 1 is 0.964 bits per heavy atom. The number of carbonyl (C=O) groups excluding carboxylic acids is 3. The molecule has 0 bridgehead atoms. The lowest BCUT2D eigenvalue weighted by molar-refractivity contribution is -0.118. The molecule has 0 aliphatic rings. The molecule has 0 aliphatic carbocycles. The maximum Gasteiger partial charge on any atom is 0.408 e. The van der Waals surface area contributed by atoms with E-state index in [4.69, 9.17) is 21.1 Å². The van der Waals surface area contributed by atoms with Crippen LogP contribution in [-0.4, -0.2) is 34.3 Å². The fourth-order valence-corrected chi connectivity index (χ4v) is 3.08. The summed E-state index contributed by atoms with van der Waals surface area (Å²) in [4.78, 5) is 33.8. The van der Waals surface area contributed by atoms with Crippen molar-refractivity contribution >= 4 is 63.1 Å². The fourth-order valence-electron chi connectivity index (χ4n) is 1.91. The number of amides is 1. The van der Waals surface area contributed by atoms with E-state index in [0.717, 1.165) is 10.5 Å². The minimum atomic E-state index is -0.889. The Hall–Kier alpha value is -1.73. The summed E-state index contributed by atoms with van der Waals surface area (Å²) in [5.74, 6) is 0.00591. The number of alkyl carbamates (subject to hydrolysis) is 1. The Kier molecular flexibility index (Phi) is 12.4. The summed E-state index contributed by atoms with van der Waals surface area (Å²) in [6.45, 7) is 0.153. The third kappa shape index (κ3) is 11.2. The molecule has 0 saturated carbocycles. The van der Waals surface area contributed by atoms with Gasteiger partial charge in [-0.15, -0.1) is 23.4 Å². The van der Waals surface area contributed by atoms with Crippen LogP contribution < -0.4 is 5.32 Å². The van der Waals surface area contributed by atoms with Gasteiger partial charge in [0, 0.05) is 10.6 Å². The van der Waals surface area contributed by atoms with Crippen LogP contribution in [-0.2, 0) is 16.1 Å². The van der Waals surface area contributed by atoms with Crippen molar-refractivity contribution in [1.29, 1.82) is 0 Å². The fraction of sp³-hybridized carbons (Fsp3) is 0.211. The van der Waals surface area contributed by atoms with E-state index in [-0.39, 0.29) is 18.3 Å². The largest absolute Gasteiger partial charge is 0.445 e. The second-order valence-electron chi connectivity index (χ2n) is 5.21. The predicted molar refractivity (Wildman–Crippen MR) is 114 cm³/mol. The van der Waals surface area contributed by atoms with Gasteiger partial charge < -0.3 is 10.1 Å². The van der Waals surface area contributed by atoms with Crippen molar-refractivity contribution in [3.05, 3.63) is 66.2 Å². The molecule has 2 aromatic carbocycles. The first-order chi connectivity index (χ1) is 13.4. The number of alkyl halides is 1. The number of benzene rings is 2. The zero-order valence-electron chi connectivity index (χ0n) is 14.6. The number of ether oxygens (including phenoxy) is 1. The van der Waals surface area contributed by atoms with Gasteiger partial charge >= 0.3 is 10.8 Å². The van der Waals surface area contributed by atoms with E-state index in [1.807, 2.05) is 60.7 Å². The Labute approximate surface area is 182 Å². The summed E-state index contributed by atoms with van der Waals surface area (Å²) >= 11 is 15.9. The van der Waals surface area contributed by atoms with Gasteiger partial charge in [-0.1, -0.05) is 48.5 Å². The Morgan fingerprint density at radius 3 is 2.04 bits per heavy atom. The standard InChI is InChI=1S/C18H18ClNO3S.CCl2O/c19-11-17(21)16(13-24-15-9-5-2-6-10-15)20-18(22)23-12-14-7-3-1-4-8-14;2-1(3)4/h1-10,16H,11-13H2,(H,20,22);/t16-;/m0./s1. The van der Waals surface area contributed by atoms with Gasteiger partial charge in [-0.3, -0.25) is 9.59 Å². The number of carbonyl (C=O) groups is 3. The van der Waals surface area contributed by atoms with Crippen LogP contribution >= 0.6 is 46.6 Å². The van der Waals surface area contributed by atoms with Crippen LogP contribution in [0.4, 0.5) is 9.59 Å². The lowest BCUT2D eigenvalue weighted by Crippen LogP contribution is -2.43. The maximum absolute atomic E-state index is 11.9. The third-order valence-corrected chi connectivity index (χ3v) is 4.55. The molecule has 0 saturated heterocycles. The van der Waals surface area contributed by atoms with Crippen LogP contribution in [0.2, 0.25) is 0 Å². The number of halogens is 3. The van der Waals surface area contributed by atoms with Crippen molar-refractivity contribution in [2.75, 3.05) is 11.6 Å². The number of hydrogen-bond donors (Lipinski definition) is 1. The molecule has 0 fully saturated rings. The molecule has 0 aromatic heterocycles. The minimum absolute atomic E-state index is 0.153. The van der Waals surface area contributed by atoms with E-state index in [1.165, 1.54) is 11.8 Å². The summed E-state index contributed by atoms with van der Waals surface area (Å²) in [6.07, 6.45) is -0.629. The molecule has 2 aromatic rings. The van der Waals surface area contributed by atoms with Crippen LogP contribution in [0, 0.1) is 0 Å². The molecule has 1 N–H and O–H groups in total. The highest BCUT2D eigenvalue weighted by molar-refractivity contribution is 7.99. The van der Waals surface area contributed by atoms with Gasteiger partial charge in [0.25, 0.3) is 0 Å². The topological polar surface area (TPSA) is 72.5 Å². The highest BCUT2D eigenvalue weighted by atomic mass is 35.5. The Balaban J connectivity index is 0.000000892. The number of rotatable bonds is 8. The molecular weight excluding hydrogens is 445 g/mol. The molecule has 9 heteroatoms. The van der Waals surface area contributed by atoms with Crippen molar-refractivity contribution in [3.63, 3.8) is 0 Å². The van der Waals surface area contributed by atoms with Crippen LogP contribution in [0.1, 0.15) is 5.56 Å². The highest BCUT2D eigenvalue weighted by Crippen LogP contribution is 2.18. The monoisotopic (exact) mass is 461 g/mol. The van der Waals surface area contributed by atoms with E-state index >= 15 is 0 Å². The number of Topliss-reactive ketones (excluding diaryl/α,β-unsaturated/α-hetero) is 1. The van der Waals surface area contributed by atoms with Crippen molar-refractivity contribution in [3.8, 4) is 0 Å². The average molecular weight is 463 g/mol. The maximum atomic E-state index is 11.9. The van der Waals surface area contributed by atoms with Crippen LogP contribution in [0.15, 0.2) is 65.6 Å². The van der Waals surface area contributed by atoms with Crippen molar-refractivity contribution in [2.24, 2.45) is 0 Å². The molecule has 1 atom stereocenters. The van der Waals surface area contributed by atoms with Crippen LogP contribution in [0.5, 0.6) is 0 Å². The number of ketones is 1. The first-order valence-electron chi connectivity index (χ1n) is 8.01. The SMILES string of the molecule is O=C(Cl)Cl.O=C(N[C@@H](CSc1ccccc1)C(=O)CCl)OCc1ccccc1. The summed E-state index contributed by atoms with van der Waals surface area (Å²) in [7, 11) is 0. The second kappa shape index (κ2) is 14.3. The Bertz CT molecular complexity index is 743. The van der Waals surface area contributed by atoms with Gasteiger partial charge in [0.1, 0.15) is 12.6 Å². The number of thioether (sulfide) groups is 1. The summed E-state index contributed by atoms with van der Waals surface area (Å²) < 4.78 is 4.26. The smallest absolute Gasteiger partial charge is 0.408 e. The summed E-state index contributed by atoms with van der Waals surface area (Å²) in [6, 6.07) is 18.3. The Morgan fingerprint density at radius 2 is 1.50 bits per heavy atom. The number of nitrogens with one attached hydrogen (secondary N) is 1. The molecular formula is C19H18Cl3NO4S. The minimum Gasteiger partial charge on any atom is -0.445 e. The zero-order valence-corrected chi connectivity index (χ0v) is 17.7. The molecule has 150 valence electrons. The predicted octanol–water partition coefficient (Wildman–Crippen LogP) is 5.47. The lowest BCUT2D eigenvalue weighted by atomic mass is 10.2. The van der Waals surface area contributed by atoms with Crippen LogP contribution in [0.25, 0.3) is 0 Å². The normalized spacial score (nSPS) is 10.8. The molecule has 28 heavy (non-hydrogen) atoms. The van der Waals surface area contributed by atoms with Crippen molar-refractivity contribution in [2.45, 2.75) is 17.5 Å². The molecule has 0 unspecified atom stereocenters. The van der Waals surface area contributed by atoms with Crippen LogP contribution in [0.3, 0.4) is 0 Å². The molecule has 0 heterocycles. The van der Waals surface area contributed by atoms with Gasteiger partial charge in [-0.05, 0) is 40.9 Å². The molecule has 0 aliphatic heterocycles. The number of hydrogen-bond acceptors (Lipinski definition) is 5. The van der Waals surface area contributed by atoms with E-state index in [2.05, 4.69) is 28.5 Å². The van der Waals surface area contributed by atoms with E-state index in [0.29, 0.717) is 5.75 Å². The van der Waals surface area contributed by atoms with Gasteiger partial charge in [0.15, 0.2) is 5.78 Å². The van der Waals surface area contributed by atoms with E-state index in [9.17, 15) is 9.59 Å².